The van der Waals surface area contributed by atoms with E-state index in [0.717, 1.165) is 18.5 Å². The number of aryl methyl sites for hydroxylation is 2. The Kier molecular flexibility index (Phi) is 4.05. The van der Waals surface area contributed by atoms with Crippen LogP contribution in [0.15, 0.2) is 12.1 Å². The van der Waals surface area contributed by atoms with Gasteiger partial charge in [0, 0.05) is 5.69 Å². The maximum absolute atomic E-state index is 12.0. The second-order valence-electron chi connectivity index (χ2n) is 5.44. The first-order valence-electron chi connectivity index (χ1n) is 7.05. The van der Waals surface area contributed by atoms with Crippen molar-refractivity contribution in [2.45, 2.75) is 58.8 Å². The van der Waals surface area contributed by atoms with E-state index in [1.807, 2.05) is 0 Å². The number of carbonyl (C=O) groups excluding carboxylic acids is 1. The van der Waals surface area contributed by atoms with Crippen LogP contribution in [0.1, 0.15) is 61.6 Å². The van der Waals surface area contributed by atoms with Crippen LogP contribution in [0.2, 0.25) is 0 Å². The van der Waals surface area contributed by atoms with Gasteiger partial charge in [0.1, 0.15) is 0 Å². The molecule has 1 amide bonds. The van der Waals surface area contributed by atoms with Crippen LogP contribution in [0.5, 0.6) is 0 Å². The fraction of sp³-hybridized carbons (Fsp3) is 0.562. The van der Waals surface area contributed by atoms with Crippen molar-refractivity contribution in [3.05, 3.63) is 28.8 Å². The third kappa shape index (κ3) is 2.58. The lowest BCUT2D eigenvalue weighted by Gasteiger charge is -2.10. The highest BCUT2D eigenvalue weighted by Crippen LogP contribution is 2.38. The minimum atomic E-state index is 0.0791. The van der Waals surface area contributed by atoms with Crippen molar-refractivity contribution < 1.29 is 4.79 Å². The van der Waals surface area contributed by atoms with Crippen LogP contribution in [-0.2, 0) is 4.79 Å². The molecule has 1 aliphatic heterocycles. The number of nitrogens with one attached hydrogen (secondary N) is 1. The molecule has 98 valence electrons. The average Bonchev–Trinajstić information content (AvgIpc) is 2.62. The van der Waals surface area contributed by atoms with E-state index < -0.39 is 0 Å². The largest absolute Gasteiger partial charge is 0.325 e. The van der Waals surface area contributed by atoms with E-state index >= 15 is 0 Å². The highest BCUT2D eigenvalue weighted by atomic mass is 16.2. The van der Waals surface area contributed by atoms with E-state index in [4.69, 9.17) is 0 Å². The van der Waals surface area contributed by atoms with Crippen LogP contribution in [0, 0.1) is 13.8 Å². The van der Waals surface area contributed by atoms with Gasteiger partial charge in [0.25, 0.3) is 0 Å². The molecule has 2 nitrogen and oxygen atoms in total. The van der Waals surface area contributed by atoms with Crippen LogP contribution >= 0.6 is 0 Å². The van der Waals surface area contributed by atoms with Gasteiger partial charge in [-0.3, -0.25) is 4.79 Å². The molecular weight excluding hydrogens is 222 g/mol. The second kappa shape index (κ2) is 5.55. The van der Waals surface area contributed by atoms with Gasteiger partial charge in [0.15, 0.2) is 0 Å². The summed E-state index contributed by atoms with van der Waals surface area (Å²) in [6.07, 6.45) is 5.89. The van der Waals surface area contributed by atoms with Crippen molar-refractivity contribution >= 4 is 11.6 Å². The quantitative estimate of drug-likeness (QED) is 0.769. The standard InChI is InChI=1S/C16H23NO/c1-4-5-6-7-8-13-14-10-11(2)9-12(3)15(14)17-16(13)18/h9-10,13H,4-8H2,1-3H3,(H,17,18). The number of benzene rings is 1. The number of anilines is 1. The molecule has 0 fully saturated rings. The monoisotopic (exact) mass is 245 g/mol. The van der Waals surface area contributed by atoms with Gasteiger partial charge in [0.05, 0.1) is 5.92 Å². The number of rotatable bonds is 5. The van der Waals surface area contributed by atoms with Crippen molar-refractivity contribution in [3.63, 3.8) is 0 Å². The number of fused-ring (bicyclic) bond motifs is 1. The maximum Gasteiger partial charge on any atom is 0.232 e. The predicted octanol–water partition coefficient (Wildman–Crippen LogP) is 4.31. The van der Waals surface area contributed by atoms with Crippen molar-refractivity contribution in [3.8, 4) is 0 Å². The van der Waals surface area contributed by atoms with E-state index in [1.54, 1.807) is 0 Å². The van der Waals surface area contributed by atoms with Crippen molar-refractivity contribution in [2.24, 2.45) is 0 Å². The van der Waals surface area contributed by atoms with Crippen LogP contribution < -0.4 is 5.32 Å². The van der Waals surface area contributed by atoms with Gasteiger partial charge in [-0.15, -0.1) is 0 Å². The topological polar surface area (TPSA) is 29.1 Å². The van der Waals surface area contributed by atoms with Crippen LogP contribution in [0.3, 0.4) is 0 Å². The van der Waals surface area contributed by atoms with Crippen molar-refractivity contribution in [1.82, 2.24) is 0 Å². The van der Waals surface area contributed by atoms with Gasteiger partial charge in [-0.2, -0.15) is 0 Å². The third-order valence-corrected chi connectivity index (χ3v) is 3.80. The molecule has 2 rings (SSSR count). The number of carbonyl (C=O) groups is 1. The fourth-order valence-electron chi connectivity index (χ4n) is 2.86. The Morgan fingerprint density at radius 2 is 1.94 bits per heavy atom. The Bertz CT molecular complexity index is 451. The Morgan fingerprint density at radius 1 is 1.17 bits per heavy atom. The van der Waals surface area contributed by atoms with Crippen molar-refractivity contribution in [2.75, 3.05) is 5.32 Å². The molecule has 0 aromatic heterocycles. The third-order valence-electron chi connectivity index (χ3n) is 3.80. The van der Waals surface area contributed by atoms with Gasteiger partial charge in [0.2, 0.25) is 5.91 Å². The van der Waals surface area contributed by atoms with Crippen LogP contribution in [-0.4, -0.2) is 5.91 Å². The molecule has 1 atom stereocenters. The molecule has 2 heteroatoms. The summed E-state index contributed by atoms with van der Waals surface area (Å²) in [5.41, 5.74) is 4.72. The predicted molar refractivity (Wildman–Crippen MR) is 76.0 cm³/mol. The molecule has 0 spiro atoms. The summed E-state index contributed by atoms with van der Waals surface area (Å²) in [4.78, 5) is 12.0. The lowest BCUT2D eigenvalue weighted by atomic mass is 9.92. The van der Waals surface area contributed by atoms with E-state index in [1.165, 1.54) is 36.0 Å². The van der Waals surface area contributed by atoms with Crippen LogP contribution in [0.4, 0.5) is 5.69 Å². The molecule has 1 aromatic rings. The number of amides is 1. The molecule has 1 N–H and O–H groups in total. The zero-order valence-corrected chi connectivity index (χ0v) is 11.7. The Balaban J connectivity index is 2.12. The van der Waals surface area contributed by atoms with E-state index in [0.29, 0.717) is 0 Å². The summed E-state index contributed by atoms with van der Waals surface area (Å²) >= 11 is 0. The molecule has 0 bridgehead atoms. The second-order valence-corrected chi connectivity index (χ2v) is 5.44. The molecular formula is C16H23NO. The highest BCUT2D eigenvalue weighted by Gasteiger charge is 2.30. The highest BCUT2D eigenvalue weighted by molar-refractivity contribution is 6.03. The molecule has 0 saturated heterocycles. The molecule has 0 aliphatic carbocycles. The fourth-order valence-corrected chi connectivity index (χ4v) is 2.86. The summed E-state index contributed by atoms with van der Waals surface area (Å²) < 4.78 is 0. The first-order chi connectivity index (χ1) is 8.63. The van der Waals surface area contributed by atoms with Gasteiger partial charge in [-0.25, -0.2) is 0 Å². The summed E-state index contributed by atoms with van der Waals surface area (Å²) in [6.45, 7) is 6.39. The van der Waals surface area contributed by atoms with E-state index in [2.05, 4.69) is 38.2 Å². The smallest absolute Gasteiger partial charge is 0.232 e. The molecule has 0 saturated carbocycles. The van der Waals surface area contributed by atoms with Gasteiger partial charge in [-0.05, 0) is 31.4 Å². The lowest BCUT2D eigenvalue weighted by molar-refractivity contribution is -0.117. The Labute approximate surface area is 110 Å². The normalized spacial score (nSPS) is 17.7. The summed E-state index contributed by atoms with van der Waals surface area (Å²) in [7, 11) is 0. The molecule has 1 heterocycles. The zero-order valence-electron chi connectivity index (χ0n) is 11.7. The van der Waals surface area contributed by atoms with E-state index in [-0.39, 0.29) is 11.8 Å². The Hall–Kier alpha value is -1.31. The molecule has 1 unspecified atom stereocenters. The van der Waals surface area contributed by atoms with Crippen molar-refractivity contribution in [1.29, 1.82) is 0 Å². The lowest BCUT2D eigenvalue weighted by Crippen LogP contribution is -2.12. The maximum atomic E-state index is 12.0. The molecule has 1 aliphatic rings. The minimum absolute atomic E-state index is 0.0791. The number of hydrogen-bond donors (Lipinski definition) is 1. The molecule has 1 aromatic carbocycles. The Morgan fingerprint density at radius 3 is 2.67 bits per heavy atom. The van der Waals surface area contributed by atoms with Gasteiger partial charge < -0.3 is 5.32 Å². The summed E-state index contributed by atoms with van der Waals surface area (Å²) in [5.74, 6) is 0.269. The first-order valence-corrected chi connectivity index (χ1v) is 7.05. The zero-order chi connectivity index (χ0) is 13.1. The molecule has 18 heavy (non-hydrogen) atoms. The number of hydrogen-bond acceptors (Lipinski definition) is 1. The SMILES string of the molecule is CCCCCCC1C(=O)Nc2c(C)cc(C)cc21. The first kappa shape index (κ1) is 13.1. The minimum Gasteiger partial charge on any atom is -0.325 e. The van der Waals surface area contributed by atoms with Crippen LogP contribution in [0.25, 0.3) is 0 Å². The summed E-state index contributed by atoms with van der Waals surface area (Å²) in [6, 6.07) is 4.31. The summed E-state index contributed by atoms with van der Waals surface area (Å²) in [5, 5.41) is 3.04. The number of unbranched alkanes of at least 4 members (excludes halogenated alkanes) is 3. The van der Waals surface area contributed by atoms with E-state index in [9.17, 15) is 4.79 Å². The molecule has 0 radical (unpaired) electrons. The van der Waals surface area contributed by atoms with Gasteiger partial charge >= 0.3 is 0 Å². The average molecular weight is 245 g/mol. The van der Waals surface area contributed by atoms with Gasteiger partial charge in [-0.1, -0.05) is 50.3 Å².